The van der Waals surface area contributed by atoms with E-state index in [0.29, 0.717) is 0 Å². The second-order valence-corrected chi connectivity index (χ2v) is 5.81. The van der Waals surface area contributed by atoms with Crippen LogP contribution in [0.25, 0.3) is 0 Å². The topological polar surface area (TPSA) is 38.5 Å². The average Bonchev–Trinajstić information content (AvgIpc) is 2.38. The van der Waals surface area contributed by atoms with Gasteiger partial charge in [0.2, 0.25) is 0 Å². The molecule has 18 heavy (non-hydrogen) atoms. The first-order valence-electron chi connectivity index (χ1n) is 7.71. The van der Waals surface area contributed by atoms with E-state index >= 15 is 0 Å². The van der Waals surface area contributed by atoms with Gasteiger partial charge in [-0.15, -0.1) is 0 Å². The zero-order valence-electron chi connectivity index (χ0n) is 12.6. The minimum Gasteiger partial charge on any atom is -0.380 e. The van der Waals surface area contributed by atoms with Gasteiger partial charge in [0, 0.05) is 25.2 Å². The monoisotopic (exact) mass is 256 g/mol. The molecule has 0 aromatic heterocycles. The van der Waals surface area contributed by atoms with Crippen LogP contribution >= 0.6 is 0 Å². The Morgan fingerprint density at radius 3 is 2.67 bits per heavy atom. The standard InChI is InChI=1S/C15H32N2O/c1-4-9-17(10-11-18-5-2)15(13-16)8-6-7-14(3)12-15/h14H,4-13,16H2,1-3H3. The van der Waals surface area contributed by atoms with Gasteiger partial charge in [-0.05, 0) is 38.6 Å². The fourth-order valence-corrected chi connectivity index (χ4v) is 3.41. The van der Waals surface area contributed by atoms with E-state index in [9.17, 15) is 0 Å². The van der Waals surface area contributed by atoms with Crippen molar-refractivity contribution >= 4 is 0 Å². The van der Waals surface area contributed by atoms with Crippen LogP contribution < -0.4 is 5.73 Å². The molecule has 0 radical (unpaired) electrons. The van der Waals surface area contributed by atoms with E-state index in [0.717, 1.165) is 38.8 Å². The van der Waals surface area contributed by atoms with E-state index in [2.05, 4.69) is 25.7 Å². The molecule has 1 rings (SSSR count). The molecule has 0 spiro atoms. The first-order chi connectivity index (χ1) is 8.68. The lowest BCUT2D eigenvalue weighted by Gasteiger charge is -2.48. The summed E-state index contributed by atoms with van der Waals surface area (Å²) < 4.78 is 5.53. The van der Waals surface area contributed by atoms with Crippen molar-refractivity contribution in [3.63, 3.8) is 0 Å². The molecule has 1 aliphatic carbocycles. The summed E-state index contributed by atoms with van der Waals surface area (Å²) in [4.78, 5) is 2.61. The van der Waals surface area contributed by atoms with Gasteiger partial charge in [-0.25, -0.2) is 0 Å². The molecular weight excluding hydrogens is 224 g/mol. The van der Waals surface area contributed by atoms with Gasteiger partial charge < -0.3 is 10.5 Å². The van der Waals surface area contributed by atoms with Crippen LogP contribution in [0.1, 0.15) is 52.9 Å². The normalized spacial score (nSPS) is 28.8. The van der Waals surface area contributed by atoms with Gasteiger partial charge in [-0.1, -0.05) is 26.7 Å². The van der Waals surface area contributed by atoms with Gasteiger partial charge in [0.1, 0.15) is 0 Å². The lowest BCUT2D eigenvalue weighted by Crippen LogP contribution is -2.57. The minimum atomic E-state index is 0.241. The van der Waals surface area contributed by atoms with Crippen LogP contribution in [0.3, 0.4) is 0 Å². The summed E-state index contributed by atoms with van der Waals surface area (Å²) in [6.45, 7) is 11.3. The lowest BCUT2D eigenvalue weighted by molar-refractivity contribution is 0.0135. The highest BCUT2D eigenvalue weighted by Crippen LogP contribution is 2.36. The van der Waals surface area contributed by atoms with Crippen LogP contribution in [-0.4, -0.2) is 43.3 Å². The fourth-order valence-electron chi connectivity index (χ4n) is 3.41. The van der Waals surface area contributed by atoms with Gasteiger partial charge in [0.25, 0.3) is 0 Å². The molecule has 0 aromatic rings. The number of hydrogen-bond acceptors (Lipinski definition) is 3. The number of ether oxygens (including phenoxy) is 1. The van der Waals surface area contributed by atoms with Crippen LogP contribution in [0.4, 0.5) is 0 Å². The third kappa shape index (κ3) is 4.22. The molecule has 108 valence electrons. The zero-order valence-corrected chi connectivity index (χ0v) is 12.6. The molecule has 2 N–H and O–H groups in total. The molecule has 2 unspecified atom stereocenters. The molecule has 2 atom stereocenters. The van der Waals surface area contributed by atoms with Crippen molar-refractivity contribution in [1.82, 2.24) is 4.90 Å². The molecule has 3 heteroatoms. The van der Waals surface area contributed by atoms with Gasteiger partial charge >= 0.3 is 0 Å². The van der Waals surface area contributed by atoms with E-state index in [1.807, 2.05) is 0 Å². The van der Waals surface area contributed by atoms with Crippen molar-refractivity contribution in [1.29, 1.82) is 0 Å². The second-order valence-electron chi connectivity index (χ2n) is 5.81. The average molecular weight is 256 g/mol. The summed E-state index contributed by atoms with van der Waals surface area (Å²) in [5, 5.41) is 0. The van der Waals surface area contributed by atoms with Gasteiger partial charge in [0.15, 0.2) is 0 Å². The summed E-state index contributed by atoms with van der Waals surface area (Å²) in [5.74, 6) is 0.814. The molecule has 0 aromatic carbocycles. The summed E-state index contributed by atoms with van der Waals surface area (Å²) in [6, 6.07) is 0. The number of nitrogens with zero attached hydrogens (tertiary/aromatic N) is 1. The summed E-state index contributed by atoms with van der Waals surface area (Å²) in [5.41, 5.74) is 6.39. The Balaban J connectivity index is 2.65. The quantitative estimate of drug-likeness (QED) is 0.679. The molecule has 0 bridgehead atoms. The van der Waals surface area contributed by atoms with Crippen molar-refractivity contribution in [2.75, 3.05) is 32.8 Å². The van der Waals surface area contributed by atoms with Crippen molar-refractivity contribution in [3.8, 4) is 0 Å². The van der Waals surface area contributed by atoms with Crippen LogP contribution in [0.5, 0.6) is 0 Å². The van der Waals surface area contributed by atoms with Crippen LogP contribution in [0.2, 0.25) is 0 Å². The third-order valence-corrected chi connectivity index (χ3v) is 4.32. The van der Waals surface area contributed by atoms with Crippen LogP contribution in [-0.2, 0) is 4.74 Å². The number of nitrogens with two attached hydrogens (primary N) is 1. The molecular formula is C15H32N2O. The summed E-state index contributed by atoms with van der Waals surface area (Å²) >= 11 is 0. The molecule has 1 saturated carbocycles. The Morgan fingerprint density at radius 1 is 1.33 bits per heavy atom. The first-order valence-corrected chi connectivity index (χ1v) is 7.71. The Labute approximate surface area is 113 Å². The second kappa shape index (κ2) is 8.13. The Morgan fingerprint density at radius 2 is 2.11 bits per heavy atom. The highest BCUT2D eigenvalue weighted by Gasteiger charge is 2.38. The maximum absolute atomic E-state index is 6.15. The SMILES string of the molecule is CCCN(CCOCC)C1(CN)CCCC(C)C1. The van der Waals surface area contributed by atoms with Gasteiger partial charge in [-0.3, -0.25) is 4.90 Å². The van der Waals surface area contributed by atoms with Gasteiger partial charge in [-0.2, -0.15) is 0 Å². The third-order valence-electron chi connectivity index (χ3n) is 4.32. The van der Waals surface area contributed by atoms with E-state index in [-0.39, 0.29) is 5.54 Å². The van der Waals surface area contributed by atoms with E-state index in [4.69, 9.17) is 10.5 Å². The van der Waals surface area contributed by atoms with E-state index in [1.165, 1.54) is 32.1 Å². The van der Waals surface area contributed by atoms with Crippen molar-refractivity contribution < 1.29 is 4.74 Å². The van der Waals surface area contributed by atoms with Crippen molar-refractivity contribution in [2.45, 2.75) is 58.4 Å². The Bertz CT molecular complexity index is 223. The Hall–Kier alpha value is -0.120. The molecule has 0 aliphatic heterocycles. The lowest BCUT2D eigenvalue weighted by atomic mass is 9.75. The van der Waals surface area contributed by atoms with Crippen molar-refractivity contribution in [3.05, 3.63) is 0 Å². The smallest absolute Gasteiger partial charge is 0.0593 e. The molecule has 0 saturated heterocycles. The molecule has 1 aliphatic rings. The van der Waals surface area contributed by atoms with E-state index < -0.39 is 0 Å². The number of rotatable bonds is 8. The number of hydrogen-bond donors (Lipinski definition) is 1. The predicted molar refractivity (Wildman–Crippen MR) is 77.8 cm³/mol. The first kappa shape index (κ1) is 15.9. The van der Waals surface area contributed by atoms with Crippen LogP contribution in [0.15, 0.2) is 0 Å². The zero-order chi connectivity index (χ0) is 13.4. The summed E-state index contributed by atoms with van der Waals surface area (Å²) in [7, 11) is 0. The molecule has 0 amide bonds. The minimum absolute atomic E-state index is 0.241. The van der Waals surface area contributed by atoms with Crippen molar-refractivity contribution in [2.24, 2.45) is 11.7 Å². The fraction of sp³-hybridized carbons (Fsp3) is 1.00. The highest BCUT2D eigenvalue weighted by molar-refractivity contribution is 4.95. The molecule has 0 heterocycles. The molecule has 1 fully saturated rings. The molecule has 3 nitrogen and oxygen atoms in total. The van der Waals surface area contributed by atoms with Gasteiger partial charge in [0.05, 0.1) is 6.61 Å². The largest absolute Gasteiger partial charge is 0.380 e. The highest BCUT2D eigenvalue weighted by atomic mass is 16.5. The maximum Gasteiger partial charge on any atom is 0.0593 e. The van der Waals surface area contributed by atoms with Crippen LogP contribution in [0, 0.1) is 5.92 Å². The predicted octanol–water partition coefficient (Wildman–Crippen LogP) is 2.64. The van der Waals surface area contributed by atoms with E-state index in [1.54, 1.807) is 0 Å². The maximum atomic E-state index is 6.15. The summed E-state index contributed by atoms with van der Waals surface area (Å²) in [6.07, 6.45) is 6.41. The Kier molecular flexibility index (Phi) is 7.20.